The van der Waals surface area contributed by atoms with E-state index in [9.17, 15) is 18.0 Å². The van der Waals surface area contributed by atoms with E-state index in [4.69, 9.17) is 4.74 Å². The van der Waals surface area contributed by atoms with Crippen LogP contribution in [0.1, 0.15) is 23.7 Å². The molecule has 0 aliphatic carbocycles. The van der Waals surface area contributed by atoms with Crippen LogP contribution in [0.4, 0.5) is 17.1 Å². The third kappa shape index (κ3) is 6.69. The number of anilines is 3. The number of ether oxygens (including phenoxy) is 1. The molecule has 0 saturated carbocycles. The normalized spacial score (nSPS) is 13.9. The molecule has 34 heavy (non-hydrogen) atoms. The van der Waals surface area contributed by atoms with Crippen molar-refractivity contribution < 1.29 is 22.7 Å². The molecule has 4 N–H and O–H groups in total. The molecule has 0 atom stereocenters. The number of rotatable bonds is 10. The first-order valence-corrected chi connectivity index (χ1v) is 12.6. The third-order valence-corrected chi connectivity index (χ3v) is 6.71. The number of methoxy groups -OCH3 is 1. The molecule has 1 saturated heterocycles. The Kier molecular flexibility index (Phi) is 8.85. The number of hydrogen-bond acceptors (Lipinski definition) is 7. The highest BCUT2D eigenvalue weighted by Crippen LogP contribution is 2.27. The van der Waals surface area contributed by atoms with Gasteiger partial charge >= 0.3 is 0 Å². The van der Waals surface area contributed by atoms with Crippen LogP contribution in [0.15, 0.2) is 47.4 Å². The Hall–Kier alpha value is -3.15. The van der Waals surface area contributed by atoms with Crippen LogP contribution in [0.25, 0.3) is 0 Å². The van der Waals surface area contributed by atoms with E-state index in [1.807, 2.05) is 0 Å². The largest absolute Gasteiger partial charge is 0.383 e. The van der Waals surface area contributed by atoms with Crippen molar-refractivity contribution in [3.8, 4) is 0 Å². The lowest BCUT2D eigenvalue weighted by Gasteiger charge is -2.31. The molecule has 0 spiro atoms. The van der Waals surface area contributed by atoms with Crippen molar-refractivity contribution in [3.05, 3.63) is 48.0 Å². The highest BCUT2D eigenvalue weighted by atomic mass is 32.2. The summed E-state index contributed by atoms with van der Waals surface area (Å²) in [6.07, 6.45) is 0.326. The van der Waals surface area contributed by atoms with Gasteiger partial charge in [-0.25, -0.2) is 8.42 Å². The van der Waals surface area contributed by atoms with E-state index in [1.165, 1.54) is 24.3 Å². The Morgan fingerprint density at radius 3 is 2.38 bits per heavy atom. The van der Waals surface area contributed by atoms with Crippen molar-refractivity contribution in [2.75, 3.05) is 61.4 Å². The summed E-state index contributed by atoms with van der Waals surface area (Å²) in [6.45, 7) is 5.52. The van der Waals surface area contributed by atoms with Crippen LogP contribution in [-0.4, -0.2) is 66.7 Å². The molecule has 3 rings (SSSR count). The van der Waals surface area contributed by atoms with Gasteiger partial charge in [-0.05, 0) is 42.5 Å². The van der Waals surface area contributed by atoms with Gasteiger partial charge in [0, 0.05) is 63.3 Å². The predicted octanol–water partition coefficient (Wildman–Crippen LogP) is 1.62. The second-order valence-corrected chi connectivity index (χ2v) is 9.43. The molecule has 1 aliphatic rings. The van der Waals surface area contributed by atoms with E-state index in [-0.39, 0.29) is 22.4 Å². The molecule has 0 radical (unpaired) electrons. The maximum atomic E-state index is 12.9. The molecule has 0 bridgehead atoms. The van der Waals surface area contributed by atoms with E-state index in [0.29, 0.717) is 30.8 Å². The predicted molar refractivity (Wildman–Crippen MR) is 132 cm³/mol. The molecular formula is C23H31N5O5S. The fourth-order valence-corrected chi connectivity index (χ4v) is 4.56. The van der Waals surface area contributed by atoms with Gasteiger partial charge < -0.3 is 25.6 Å². The van der Waals surface area contributed by atoms with E-state index < -0.39 is 10.0 Å². The summed E-state index contributed by atoms with van der Waals surface area (Å²) in [7, 11) is -2.35. The molecule has 184 valence electrons. The van der Waals surface area contributed by atoms with Gasteiger partial charge in [0.05, 0.1) is 17.1 Å². The number of hydrogen-bond donors (Lipinski definition) is 4. The molecule has 2 amide bonds. The summed E-state index contributed by atoms with van der Waals surface area (Å²) in [4.78, 5) is 26.6. The van der Waals surface area contributed by atoms with Gasteiger partial charge in [0.25, 0.3) is 15.9 Å². The minimum Gasteiger partial charge on any atom is -0.383 e. The molecule has 2 aromatic rings. The summed E-state index contributed by atoms with van der Waals surface area (Å²) >= 11 is 0. The van der Waals surface area contributed by atoms with E-state index in [1.54, 1.807) is 32.2 Å². The summed E-state index contributed by atoms with van der Waals surface area (Å²) in [5.41, 5.74) is 1.92. The average molecular weight is 490 g/mol. The van der Waals surface area contributed by atoms with Crippen LogP contribution in [0.2, 0.25) is 0 Å². The number of piperazine rings is 1. The number of sulfonamides is 1. The van der Waals surface area contributed by atoms with Crippen LogP contribution in [0.3, 0.4) is 0 Å². The Bertz CT molecular complexity index is 1100. The summed E-state index contributed by atoms with van der Waals surface area (Å²) in [5, 5.41) is 8.77. The highest BCUT2D eigenvalue weighted by molar-refractivity contribution is 7.92. The smallest absolute Gasteiger partial charge is 0.261 e. The fourth-order valence-electron chi connectivity index (χ4n) is 3.51. The van der Waals surface area contributed by atoms with Crippen molar-refractivity contribution in [1.82, 2.24) is 10.6 Å². The second-order valence-electron chi connectivity index (χ2n) is 7.75. The summed E-state index contributed by atoms with van der Waals surface area (Å²) in [5.74, 6) is -0.461. The number of nitrogens with one attached hydrogen (secondary N) is 4. The molecule has 1 aliphatic heterocycles. The van der Waals surface area contributed by atoms with E-state index >= 15 is 0 Å². The quantitative estimate of drug-likeness (QED) is 0.373. The number of carbonyl (C=O) groups excluding carboxylic acids is 2. The number of carbonyl (C=O) groups is 2. The zero-order valence-electron chi connectivity index (χ0n) is 19.4. The van der Waals surface area contributed by atoms with Crippen molar-refractivity contribution in [3.63, 3.8) is 0 Å². The van der Waals surface area contributed by atoms with Gasteiger partial charge in [-0.3, -0.25) is 14.3 Å². The number of benzene rings is 2. The van der Waals surface area contributed by atoms with Crippen molar-refractivity contribution >= 4 is 38.9 Å². The fraction of sp³-hybridized carbons (Fsp3) is 0.391. The monoisotopic (exact) mass is 489 g/mol. The lowest BCUT2D eigenvalue weighted by atomic mass is 10.1. The maximum Gasteiger partial charge on any atom is 0.261 e. The molecule has 11 heteroatoms. The van der Waals surface area contributed by atoms with Crippen LogP contribution in [0, 0.1) is 0 Å². The van der Waals surface area contributed by atoms with Crippen molar-refractivity contribution in [1.29, 1.82) is 0 Å². The van der Waals surface area contributed by atoms with Crippen LogP contribution < -0.4 is 25.6 Å². The minimum absolute atomic E-state index is 0.0410. The second kappa shape index (κ2) is 11.8. The standard InChI is InChI=1S/C23H31N5O5S/c1-3-22(29)26-17-4-7-19(8-5-17)34(31,32)27-18-6-9-21(28-13-10-24-11-14-28)20(16-18)23(30)25-12-15-33-2/h4-9,16,24,27H,3,10-15H2,1-2H3,(H,25,30)(H,26,29). The maximum absolute atomic E-state index is 12.9. The molecule has 1 fully saturated rings. The zero-order valence-corrected chi connectivity index (χ0v) is 20.2. The number of nitrogens with zero attached hydrogens (tertiary/aromatic N) is 1. The zero-order chi connectivity index (χ0) is 24.6. The molecule has 10 nitrogen and oxygen atoms in total. The third-order valence-electron chi connectivity index (χ3n) is 5.31. The lowest BCUT2D eigenvalue weighted by molar-refractivity contribution is -0.115. The van der Waals surface area contributed by atoms with Crippen LogP contribution >= 0.6 is 0 Å². The molecular weight excluding hydrogens is 458 g/mol. The van der Waals surface area contributed by atoms with Gasteiger partial charge in [-0.15, -0.1) is 0 Å². The van der Waals surface area contributed by atoms with Crippen molar-refractivity contribution in [2.24, 2.45) is 0 Å². The van der Waals surface area contributed by atoms with Gasteiger partial charge in [-0.2, -0.15) is 0 Å². The molecule has 2 aromatic carbocycles. The SMILES string of the molecule is CCC(=O)Nc1ccc(S(=O)(=O)Nc2ccc(N3CCNCC3)c(C(=O)NCCOC)c2)cc1. The van der Waals surface area contributed by atoms with Crippen LogP contribution in [0.5, 0.6) is 0 Å². The molecule has 0 unspecified atom stereocenters. The Morgan fingerprint density at radius 1 is 1.06 bits per heavy atom. The molecule has 0 aromatic heterocycles. The van der Waals surface area contributed by atoms with E-state index in [2.05, 4.69) is 25.6 Å². The first-order valence-electron chi connectivity index (χ1n) is 11.1. The van der Waals surface area contributed by atoms with Gasteiger partial charge in [0.15, 0.2) is 0 Å². The highest BCUT2D eigenvalue weighted by Gasteiger charge is 2.21. The first-order chi connectivity index (χ1) is 16.3. The average Bonchev–Trinajstić information content (AvgIpc) is 2.84. The Balaban J connectivity index is 1.83. The van der Waals surface area contributed by atoms with E-state index in [0.717, 1.165) is 31.9 Å². The Labute approximate surface area is 200 Å². The topological polar surface area (TPSA) is 129 Å². The number of amides is 2. The summed E-state index contributed by atoms with van der Waals surface area (Å²) < 4.78 is 33.4. The Morgan fingerprint density at radius 2 is 1.74 bits per heavy atom. The molecule has 1 heterocycles. The van der Waals surface area contributed by atoms with Crippen LogP contribution in [-0.2, 0) is 19.6 Å². The minimum atomic E-state index is -3.90. The van der Waals surface area contributed by atoms with Gasteiger partial charge in [0.2, 0.25) is 5.91 Å². The summed E-state index contributed by atoms with van der Waals surface area (Å²) in [6, 6.07) is 10.9. The van der Waals surface area contributed by atoms with Gasteiger partial charge in [-0.1, -0.05) is 6.92 Å². The lowest BCUT2D eigenvalue weighted by Crippen LogP contribution is -2.44. The van der Waals surface area contributed by atoms with Crippen molar-refractivity contribution in [2.45, 2.75) is 18.2 Å². The van der Waals surface area contributed by atoms with Gasteiger partial charge in [0.1, 0.15) is 0 Å². The first kappa shape index (κ1) is 25.5.